The number of hydrogen-bond donors (Lipinski definition) is 0. The summed E-state index contributed by atoms with van der Waals surface area (Å²) in [6.07, 6.45) is 11.9. The molecule has 0 aromatic rings. The van der Waals surface area contributed by atoms with Gasteiger partial charge in [0, 0.05) is 0 Å². The Morgan fingerprint density at radius 3 is 1.97 bits per heavy atom. The number of esters is 1. The van der Waals surface area contributed by atoms with Crippen molar-refractivity contribution >= 4 is 5.97 Å². The molecule has 0 heterocycles. The van der Waals surface area contributed by atoms with E-state index in [1.807, 2.05) is 0 Å². The highest BCUT2D eigenvalue weighted by Crippen LogP contribution is 2.48. The number of carbonyl (C=O) groups is 1. The Hall–Kier alpha value is -0.740. The van der Waals surface area contributed by atoms with Crippen LogP contribution in [-0.4, -0.2) is 18.2 Å². The monoisotopic (exact) mass is 430 g/mol. The average Bonchev–Trinajstić information content (AvgIpc) is 2.74. The molecule has 3 rings (SSSR count). The van der Waals surface area contributed by atoms with Gasteiger partial charge in [-0.05, 0) is 93.8 Å². The van der Waals surface area contributed by atoms with Gasteiger partial charge in [-0.25, -0.2) is 4.79 Å². The molecule has 0 radical (unpaired) electrons. The first kappa shape index (κ1) is 23.9. The standard InChI is InChI=1S/C25H41F3O2/c1-3-6-18-9-11-19(12-10-18)20-13-15-21(16-14-20)23-8-5-4-7-22(23)17(2)30-24(29)25(26,27)28/h17-23H,3-16H2,1-2H3. The van der Waals surface area contributed by atoms with Gasteiger partial charge in [0.25, 0.3) is 0 Å². The highest BCUT2D eigenvalue weighted by atomic mass is 19.4. The number of halogens is 3. The highest BCUT2D eigenvalue weighted by molar-refractivity contribution is 5.75. The van der Waals surface area contributed by atoms with Crippen molar-refractivity contribution in [3.63, 3.8) is 0 Å². The van der Waals surface area contributed by atoms with Crippen LogP contribution < -0.4 is 0 Å². The molecule has 0 bridgehead atoms. The Bertz CT molecular complexity index is 531. The van der Waals surface area contributed by atoms with Crippen LogP contribution in [0, 0.1) is 35.5 Å². The van der Waals surface area contributed by atoms with Crippen LogP contribution in [0.5, 0.6) is 0 Å². The first-order valence-electron chi connectivity index (χ1n) is 12.6. The van der Waals surface area contributed by atoms with Gasteiger partial charge in [0.15, 0.2) is 0 Å². The molecule has 3 saturated carbocycles. The predicted molar refractivity (Wildman–Crippen MR) is 113 cm³/mol. The second-order valence-corrected chi connectivity index (χ2v) is 10.5. The number of hydrogen-bond acceptors (Lipinski definition) is 2. The van der Waals surface area contributed by atoms with Gasteiger partial charge in [-0.3, -0.25) is 0 Å². The summed E-state index contributed by atoms with van der Waals surface area (Å²) in [7, 11) is 0. The Kier molecular flexibility index (Phi) is 8.55. The zero-order valence-corrected chi connectivity index (χ0v) is 18.9. The Labute approximate surface area is 180 Å². The van der Waals surface area contributed by atoms with Crippen LogP contribution in [0.25, 0.3) is 0 Å². The van der Waals surface area contributed by atoms with Crippen LogP contribution >= 0.6 is 0 Å². The molecule has 3 unspecified atom stereocenters. The first-order chi connectivity index (χ1) is 14.3. The number of rotatable bonds is 6. The van der Waals surface area contributed by atoms with E-state index in [9.17, 15) is 18.0 Å². The minimum Gasteiger partial charge on any atom is -0.456 e. The van der Waals surface area contributed by atoms with Gasteiger partial charge in [0.05, 0.1) is 0 Å². The third kappa shape index (κ3) is 6.16. The normalized spacial score (nSPS) is 36.8. The van der Waals surface area contributed by atoms with E-state index in [2.05, 4.69) is 6.92 Å². The van der Waals surface area contributed by atoms with E-state index in [0.29, 0.717) is 11.8 Å². The van der Waals surface area contributed by atoms with Crippen molar-refractivity contribution in [1.29, 1.82) is 0 Å². The lowest BCUT2D eigenvalue weighted by Gasteiger charge is -2.44. The van der Waals surface area contributed by atoms with Gasteiger partial charge in [-0.2, -0.15) is 13.2 Å². The second kappa shape index (κ2) is 10.7. The van der Waals surface area contributed by atoms with Crippen LogP contribution in [0.1, 0.15) is 104 Å². The maximum absolute atomic E-state index is 12.6. The van der Waals surface area contributed by atoms with E-state index in [1.54, 1.807) is 6.92 Å². The van der Waals surface area contributed by atoms with E-state index >= 15 is 0 Å². The average molecular weight is 431 g/mol. The van der Waals surface area contributed by atoms with Crippen molar-refractivity contribution in [1.82, 2.24) is 0 Å². The lowest BCUT2D eigenvalue weighted by molar-refractivity contribution is -0.208. The molecule has 0 amide bonds. The molecule has 3 atom stereocenters. The maximum Gasteiger partial charge on any atom is 0.490 e. The molecule has 0 aromatic heterocycles. The molecule has 30 heavy (non-hydrogen) atoms. The first-order valence-corrected chi connectivity index (χ1v) is 12.6. The summed E-state index contributed by atoms with van der Waals surface area (Å²) in [5.74, 6) is 1.76. The molecule has 0 aliphatic heterocycles. The Morgan fingerprint density at radius 1 is 0.867 bits per heavy atom. The van der Waals surface area contributed by atoms with Gasteiger partial charge < -0.3 is 4.74 Å². The van der Waals surface area contributed by atoms with E-state index in [0.717, 1.165) is 43.4 Å². The van der Waals surface area contributed by atoms with Crippen molar-refractivity contribution in [3.05, 3.63) is 0 Å². The van der Waals surface area contributed by atoms with E-state index in [4.69, 9.17) is 4.74 Å². The third-order valence-corrected chi connectivity index (χ3v) is 8.68. The number of alkyl halides is 3. The SMILES string of the molecule is CCCC1CCC(C2CCC(C3CCCCC3C(C)OC(=O)C(F)(F)F)CC2)CC1. The van der Waals surface area contributed by atoms with Gasteiger partial charge >= 0.3 is 12.1 Å². The van der Waals surface area contributed by atoms with Crippen molar-refractivity contribution in [2.75, 3.05) is 0 Å². The molecule has 0 N–H and O–H groups in total. The zero-order chi connectivity index (χ0) is 21.7. The molecule has 3 aliphatic carbocycles. The highest BCUT2D eigenvalue weighted by Gasteiger charge is 2.45. The molecule has 0 saturated heterocycles. The largest absolute Gasteiger partial charge is 0.490 e. The number of ether oxygens (including phenoxy) is 1. The summed E-state index contributed by atoms with van der Waals surface area (Å²) in [6, 6.07) is 0. The van der Waals surface area contributed by atoms with Crippen molar-refractivity contribution in [2.24, 2.45) is 35.5 Å². The molecule has 3 fully saturated rings. The third-order valence-electron chi connectivity index (χ3n) is 8.68. The summed E-state index contributed by atoms with van der Waals surface area (Å²) < 4.78 is 42.8. The fourth-order valence-corrected chi connectivity index (χ4v) is 7.08. The van der Waals surface area contributed by atoms with Crippen LogP contribution in [0.15, 0.2) is 0 Å². The predicted octanol–water partition coefficient (Wildman–Crippen LogP) is 7.70. The number of carbonyl (C=O) groups excluding carboxylic acids is 1. The quantitative estimate of drug-likeness (QED) is 0.404. The van der Waals surface area contributed by atoms with Crippen LogP contribution in [0.2, 0.25) is 0 Å². The van der Waals surface area contributed by atoms with Crippen molar-refractivity contribution in [3.8, 4) is 0 Å². The topological polar surface area (TPSA) is 26.3 Å². The molecule has 5 heteroatoms. The summed E-state index contributed by atoms with van der Waals surface area (Å²) in [5, 5.41) is 0. The summed E-state index contributed by atoms with van der Waals surface area (Å²) in [5.41, 5.74) is 0. The lowest BCUT2D eigenvalue weighted by Crippen LogP contribution is -2.40. The summed E-state index contributed by atoms with van der Waals surface area (Å²) in [4.78, 5) is 11.3. The second-order valence-electron chi connectivity index (χ2n) is 10.5. The molecule has 3 aliphatic rings. The molecular weight excluding hydrogens is 389 g/mol. The minimum atomic E-state index is -4.90. The molecule has 2 nitrogen and oxygen atoms in total. The van der Waals surface area contributed by atoms with Crippen LogP contribution in [-0.2, 0) is 9.53 Å². The molecular formula is C25H41F3O2. The zero-order valence-electron chi connectivity index (χ0n) is 18.9. The van der Waals surface area contributed by atoms with Crippen LogP contribution in [0.3, 0.4) is 0 Å². The molecule has 174 valence electrons. The van der Waals surface area contributed by atoms with Gasteiger partial charge in [-0.1, -0.05) is 45.4 Å². The Morgan fingerprint density at radius 2 is 1.40 bits per heavy atom. The fourth-order valence-electron chi connectivity index (χ4n) is 7.08. The Balaban J connectivity index is 1.50. The van der Waals surface area contributed by atoms with Crippen molar-refractivity contribution in [2.45, 2.75) is 116 Å². The van der Waals surface area contributed by atoms with Gasteiger partial charge in [-0.15, -0.1) is 0 Å². The minimum absolute atomic E-state index is 0.0797. The summed E-state index contributed by atoms with van der Waals surface area (Å²) >= 11 is 0. The van der Waals surface area contributed by atoms with Gasteiger partial charge in [0.1, 0.15) is 6.10 Å². The van der Waals surface area contributed by atoms with Crippen molar-refractivity contribution < 1.29 is 22.7 Å². The maximum atomic E-state index is 12.6. The molecule has 0 spiro atoms. The smallest absolute Gasteiger partial charge is 0.456 e. The van der Waals surface area contributed by atoms with E-state index in [-0.39, 0.29) is 5.92 Å². The molecule has 0 aromatic carbocycles. The van der Waals surface area contributed by atoms with E-state index in [1.165, 1.54) is 64.2 Å². The van der Waals surface area contributed by atoms with E-state index < -0.39 is 18.2 Å². The fraction of sp³-hybridized carbons (Fsp3) is 0.960. The summed E-state index contributed by atoms with van der Waals surface area (Å²) in [6.45, 7) is 3.96. The van der Waals surface area contributed by atoms with Gasteiger partial charge in [0.2, 0.25) is 0 Å². The lowest BCUT2D eigenvalue weighted by atomic mass is 9.62. The van der Waals surface area contributed by atoms with Crippen LogP contribution in [0.4, 0.5) is 13.2 Å².